The molecule has 2 unspecified atom stereocenters. The van der Waals surface area contributed by atoms with E-state index in [0.717, 1.165) is 5.56 Å². The number of urea groups is 1. The standard InChI is InChI=1S/C19H26N2O3/c1-11(2)24-17(22)15-12(3)20-18(23)21-16(15)13-7-9-14(10-8-13)19(4,5)6/h7-11,15-16H,1-6H3,(H,21,23). The van der Waals surface area contributed by atoms with Crippen molar-refractivity contribution in [3.05, 3.63) is 35.4 Å². The second-order valence-electron chi connectivity index (χ2n) is 7.52. The Kier molecular flexibility index (Phi) is 5.11. The van der Waals surface area contributed by atoms with Crippen LogP contribution in [0.25, 0.3) is 0 Å². The SMILES string of the molecule is CC1=NC(=O)NC(c2ccc(C(C)(C)C)cc2)C1C(=O)OC(C)C. The Morgan fingerprint density at radius 2 is 1.79 bits per heavy atom. The van der Waals surface area contributed by atoms with E-state index in [1.54, 1.807) is 20.8 Å². The third-order valence-corrected chi connectivity index (χ3v) is 4.08. The summed E-state index contributed by atoms with van der Waals surface area (Å²) >= 11 is 0. The molecule has 1 N–H and O–H groups in total. The molecule has 0 saturated carbocycles. The van der Waals surface area contributed by atoms with Gasteiger partial charge in [-0.05, 0) is 37.3 Å². The van der Waals surface area contributed by atoms with Crippen LogP contribution in [0.15, 0.2) is 29.3 Å². The molecule has 24 heavy (non-hydrogen) atoms. The topological polar surface area (TPSA) is 67.8 Å². The minimum Gasteiger partial charge on any atom is -0.462 e. The van der Waals surface area contributed by atoms with E-state index in [9.17, 15) is 9.59 Å². The van der Waals surface area contributed by atoms with Gasteiger partial charge in [-0.25, -0.2) is 9.79 Å². The molecule has 0 spiro atoms. The van der Waals surface area contributed by atoms with E-state index in [1.807, 2.05) is 24.3 Å². The van der Waals surface area contributed by atoms with E-state index in [-0.39, 0.29) is 17.5 Å². The number of amides is 2. The smallest absolute Gasteiger partial charge is 0.341 e. The Balaban J connectivity index is 2.36. The summed E-state index contributed by atoms with van der Waals surface area (Å²) in [6, 6.07) is 7.10. The van der Waals surface area contributed by atoms with Crippen LogP contribution in [0.4, 0.5) is 4.79 Å². The van der Waals surface area contributed by atoms with Crippen LogP contribution in [0.1, 0.15) is 58.7 Å². The third kappa shape index (κ3) is 4.02. The number of nitrogens with one attached hydrogen (secondary N) is 1. The number of esters is 1. The average molecular weight is 330 g/mol. The van der Waals surface area contributed by atoms with Gasteiger partial charge in [0.25, 0.3) is 0 Å². The molecule has 5 nitrogen and oxygen atoms in total. The number of aliphatic imine (C=N–C) groups is 1. The summed E-state index contributed by atoms with van der Waals surface area (Å²) in [5, 5.41) is 2.80. The molecule has 2 atom stereocenters. The number of carbonyl (C=O) groups is 2. The summed E-state index contributed by atoms with van der Waals surface area (Å²) in [7, 11) is 0. The van der Waals surface area contributed by atoms with Crippen molar-refractivity contribution in [2.45, 2.75) is 59.1 Å². The summed E-state index contributed by atoms with van der Waals surface area (Å²) in [5.74, 6) is -0.971. The molecule has 0 aromatic heterocycles. The Hall–Kier alpha value is -2.17. The van der Waals surface area contributed by atoms with Gasteiger partial charge in [0.15, 0.2) is 0 Å². The van der Waals surface area contributed by atoms with Crippen molar-refractivity contribution < 1.29 is 14.3 Å². The highest BCUT2D eigenvalue weighted by Crippen LogP contribution is 2.30. The van der Waals surface area contributed by atoms with Crippen LogP contribution in [0.5, 0.6) is 0 Å². The molecule has 0 bridgehead atoms. The van der Waals surface area contributed by atoms with Crippen LogP contribution in [0, 0.1) is 5.92 Å². The maximum Gasteiger partial charge on any atom is 0.341 e. The molecular weight excluding hydrogens is 304 g/mol. The maximum absolute atomic E-state index is 12.5. The van der Waals surface area contributed by atoms with E-state index in [2.05, 4.69) is 31.1 Å². The zero-order valence-electron chi connectivity index (χ0n) is 15.2. The lowest BCUT2D eigenvalue weighted by Crippen LogP contribution is -2.44. The zero-order valence-corrected chi connectivity index (χ0v) is 15.2. The first-order chi connectivity index (χ1) is 11.1. The van der Waals surface area contributed by atoms with Crippen LogP contribution < -0.4 is 5.32 Å². The van der Waals surface area contributed by atoms with E-state index >= 15 is 0 Å². The van der Waals surface area contributed by atoms with Gasteiger partial charge in [-0.15, -0.1) is 0 Å². The normalized spacial score (nSPS) is 21.3. The van der Waals surface area contributed by atoms with E-state index < -0.39 is 18.0 Å². The van der Waals surface area contributed by atoms with Crippen molar-refractivity contribution in [1.29, 1.82) is 0 Å². The van der Waals surface area contributed by atoms with Crippen LogP contribution >= 0.6 is 0 Å². The Morgan fingerprint density at radius 3 is 2.29 bits per heavy atom. The fourth-order valence-electron chi connectivity index (χ4n) is 2.80. The number of benzene rings is 1. The van der Waals surface area contributed by atoms with Gasteiger partial charge in [0, 0.05) is 5.71 Å². The fraction of sp³-hybridized carbons (Fsp3) is 0.526. The van der Waals surface area contributed by atoms with Crippen molar-refractivity contribution >= 4 is 17.7 Å². The summed E-state index contributed by atoms with van der Waals surface area (Å²) in [6.45, 7) is 11.7. The molecule has 130 valence electrons. The predicted molar refractivity (Wildman–Crippen MR) is 94.2 cm³/mol. The zero-order chi connectivity index (χ0) is 18.1. The first-order valence-electron chi connectivity index (χ1n) is 8.26. The van der Waals surface area contributed by atoms with Crippen LogP contribution in [0.3, 0.4) is 0 Å². The third-order valence-electron chi connectivity index (χ3n) is 4.08. The number of hydrogen-bond acceptors (Lipinski definition) is 3. The van der Waals surface area contributed by atoms with Crippen molar-refractivity contribution in [3.8, 4) is 0 Å². The quantitative estimate of drug-likeness (QED) is 0.858. The maximum atomic E-state index is 12.5. The molecule has 0 aliphatic carbocycles. The summed E-state index contributed by atoms with van der Waals surface area (Å²) < 4.78 is 5.35. The summed E-state index contributed by atoms with van der Waals surface area (Å²) in [5.41, 5.74) is 2.59. The molecular formula is C19H26N2O3. The van der Waals surface area contributed by atoms with Gasteiger partial charge in [0.2, 0.25) is 0 Å². The molecule has 2 amide bonds. The van der Waals surface area contributed by atoms with Crippen molar-refractivity contribution in [1.82, 2.24) is 5.32 Å². The first-order valence-corrected chi connectivity index (χ1v) is 8.26. The van der Waals surface area contributed by atoms with Gasteiger partial charge < -0.3 is 10.1 Å². The second-order valence-corrected chi connectivity index (χ2v) is 7.52. The molecule has 0 fully saturated rings. The largest absolute Gasteiger partial charge is 0.462 e. The minimum atomic E-state index is -0.606. The molecule has 0 radical (unpaired) electrons. The number of rotatable bonds is 3. The van der Waals surface area contributed by atoms with Gasteiger partial charge >= 0.3 is 12.0 Å². The first kappa shape index (κ1) is 18.2. The molecule has 1 aliphatic rings. The van der Waals surface area contributed by atoms with Crippen molar-refractivity contribution in [2.75, 3.05) is 0 Å². The van der Waals surface area contributed by atoms with Gasteiger partial charge in [-0.1, -0.05) is 45.0 Å². The van der Waals surface area contributed by atoms with Crippen LogP contribution in [0.2, 0.25) is 0 Å². The Bertz CT molecular complexity index is 654. The minimum absolute atomic E-state index is 0.0433. The summed E-state index contributed by atoms with van der Waals surface area (Å²) in [6.07, 6.45) is -0.216. The van der Waals surface area contributed by atoms with E-state index in [0.29, 0.717) is 5.71 Å². The molecule has 1 heterocycles. The van der Waals surface area contributed by atoms with Crippen molar-refractivity contribution in [3.63, 3.8) is 0 Å². The van der Waals surface area contributed by atoms with Gasteiger partial charge in [0.05, 0.1) is 12.1 Å². The highest BCUT2D eigenvalue weighted by Gasteiger charge is 2.38. The summed E-state index contributed by atoms with van der Waals surface area (Å²) in [4.78, 5) is 28.2. The Labute approximate surface area is 143 Å². The lowest BCUT2D eigenvalue weighted by molar-refractivity contribution is -0.150. The van der Waals surface area contributed by atoms with E-state index in [4.69, 9.17) is 4.74 Å². The molecule has 1 aliphatic heterocycles. The number of carbonyl (C=O) groups excluding carboxylic acids is 2. The van der Waals surface area contributed by atoms with Crippen LogP contribution in [-0.4, -0.2) is 23.8 Å². The number of nitrogens with zero attached hydrogens (tertiary/aromatic N) is 1. The number of ether oxygens (including phenoxy) is 1. The highest BCUT2D eigenvalue weighted by molar-refractivity contribution is 6.08. The molecule has 1 aromatic rings. The van der Waals surface area contributed by atoms with Crippen molar-refractivity contribution in [2.24, 2.45) is 10.9 Å². The Morgan fingerprint density at radius 1 is 1.21 bits per heavy atom. The monoisotopic (exact) mass is 330 g/mol. The van der Waals surface area contributed by atoms with Gasteiger partial charge in [-0.3, -0.25) is 4.79 Å². The predicted octanol–water partition coefficient (Wildman–Crippen LogP) is 3.78. The van der Waals surface area contributed by atoms with E-state index in [1.165, 1.54) is 5.56 Å². The lowest BCUT2D eigenvalue weighted by Gasteiger charge is -2.30. The molecule has 1 aromatic carbocycles. The molecule has 5 heteroatoms. The second kappa shape index (κ2) is 6.75. The lowest BCUT2D eigenvalue weighted by atomic mass is 9.84. The number of hydrogen-bond donors (Lipinski definition) is 1. The molecule has 2 rings (SSSR count). The van der Waals surface area contributed by atoms with Gasteiger partial charge in [-0.2, -0.15) is 0 Å². The molecule has 0 saturated heterocycles. The average Bonchev–Trinajstić information content (AvgIpc) is 2.44. The fourth-order valence-corrected chi connectivity index (χ4v) is 2.80. The highest BCUT2D eigenvalue weighted by atomic mass is 16.5. The van der Waals surface area contributed by atoms with Gasteiger partial charge in [0.1, 0.15) is 5.92 Å². The van der Waals surface area contributed by atoms with Crippen LogP contribution in [-0.2, 0) is 14.9 Å².